The first kappa shape index (κ1) is 15.0. The van der Waals surface area contributed by atoms with E-state index >= 15 is 0 Å². The third-order valence-corrected chi connectivity index (χ3v) is 4.36. The average molecular weight is 364 g/mol. The summed E-state index contributed by atoms with van der Waals surface area (Å²) in [4.78, 5) is 4.75. The smallest absolute Gasteiger partial charge is 0.165 e. The van der Waals surface area contributed by atoms with Crippen LogP contribution in [0.2, 0.25) is 0 Å². The van der Waals surface area contributed by atoms with Gasteiger partial charge in [0.15, 0.2) is 5.65 Å². The van der Waals surface area contributed by atoms with Crippen molar-refractivity contribution in [3.8, 4) is 11.1 Å². The second-order valence-corrected chi connectivity index (χ2v) is 5.85. The highest BCUT2D eigenvalue weighted by Gasteiger charge is 2.16. The number of nitrogen functional groups attached to an aromatic ring is 1. The van der Waals surface area contributed by atoms with E-state index in [-0.39, 0.29) is 0 Å². The highest BCUT2D eigenvalue weighted by atomic mass is 79.9. The van der Waals surface area contributed by atoms with E-state index in [1.54, 1.807) is 21.6 Å². The Balaban J connectivity index is 2.09. The number of aryl methyl sites for hydroxylation is 1. The Morgan fingerprint density at radius 1 is 1.32 bits per heavy atom. The number of likely N-dealkylation sites (N-methyl/N-ethyl adjacent to an activating group) is 1. The van der Waals surface area contributed by atoms with E-state index in [2.05, 4.69) is 38.4 Å². The van der Waals surface area contributed by atoms with Gasteiger partial charge in [0, 0.05) is 37.3 Å². The zero-order chi connectivity index (χ0) is 15.7. The zero-order valence-electron chi connectivity index (χ0n) is 12.5. The fraction of sp³-hybridized carbons (Fsp3) is 0.357. The molecule has 0 aliphatic heterocycles. The van der Waals surface area contributed by atoms with Crippen LogP contribution < -0.4 is 11.1 Å². The molecule has 0 aliphatic carbocycles. The van der Waals surface area contributed by atoms with Gasteiger partial charge in [0.25, 0.3) is 0 Å². The van der Waals surface area contributed by atoms with E-state index in [1.165, 1.54) is 0 Å². The number of nitrogens with two attached hydrogens (primary N) is 1. The van der Waals surface area contributed by atoms with E-state index in [4.69, 9.17) is 10.7 Å². The average Bonchev–Trinajstić information content (AvgIpc) is 3.10. The third kappa shape index (κ3) is 2.59. The van der Waals surface area contributed by atoms with Crippen molar-refractivity contribution < 1.29 is 0 Å². The van der Waals surface area contributed by atoms with Crippen LogP contribution in [0, 0.1) is 0 Å². The molecular weight excluding hydrogens is 346 g/mol. The maximum atomic E-state index is 6.19. The Labute approximate surface area is 136 Å². The first-order valence-electron chi connectivity index (χ1n) is 7.13. The lowest BCUT2D eigenvalue weighted by atomic mass is 10.2. The molecule has 0 saturated carbocycles. The summed E-state index contributed by atoms with van der Waals surface area (Å²) in [5.41, 5.74) is 9.77. The summed E-state index contributed by atoms with van der Waals surface area (Å²) in [7, 11) is 1.88. The first-order chi connectivity index (χ1) is 10.6. The molecule has 0 bridgehead atoms. The van der Waals surface area contributed by atoms with Crippen LogP contribution in [0.4, 0.5) is 5.82 Å². The molecular formula is C14H18BrN7. The van der Waals surface area contributed by atoms with Gasteiger partial charge in [0.05, 0.1) is 22.6 Å². The van der Waals surface area contributed by atoms with Gasteiger partial charge in [-0.25, -0.2) is 4.98 Å². The van der Waals surface area contributed by atoms with Gasteiger partial charge in [-0.15, -0.1) is 0 Å². The molecule has 0 radical (unpaired) electrons. The molecule has 0 spiro atoms. The van der Waals surface area contributed by atoms with Gasteiger partial charge in [0.1, 0.15) is 5.82 Å². The summed E-state index contributed by atoms with van der Waals surface area (Å²) in [6, 6.07) is 0. The molecule has 3 aromatic heterocycles. The summed E-state index contributed by atoms with van der Waals surface area (Å²) >= 11 is 3.53. The number of nitrogens with one attached hydrogen (secondary N) is 1. The number of halogens is 1. The topological polar surface area (TPSA) is 86.1 Å². The molecule has 0 amide bonds. The Morgan fingerprint density at radius 2 is 2.14 bits per heavy atom. The first-order valence-corrected chi connectivity index (χ1v) is 7.92. The van der Waals surface area contributed by atoms with E-state index < -0.39 is 0 Å². The predicted molar refractivity (Wildman–Crippen MR) is 89.5 cm³/mol. The number of hydrogen-bond acceptors (Lipinski definition) is 5. The van der Waals surface area contributed by atoms with E-state index in [9.17, 15) is 0 Å². The van der Waals surface area contributed by atoms with Crippen LogP contribution in [0.1, 0.15) is 12.6 Å². The van der Waals surface area contributed by atoms with Crippen LogP contribution >= 0.6 is 15.9 Å². The van der Waals surface area contributed by atoms with Crippen molar-refractivity contribution in [2.75, 3.05) is 18.8 Å². The molecule has 0 unspecified atom stereocenters. The number of rotatable bonds is 5. The molecule has 3 N–H and O–H groups in total. The zero-order valence-corrected chi connectivity index (χ0v) is 14.1. The van der Waals surface area contributed by atoms with E-state index in [1.807, 2.05) is 13.2 Å². The van der Waals surface area contributed by atoms with E-state index in [0.29, 0.717) is 5.82 Å². The van der Waals surface area contributed by atoms with Crippen LogP contribution in [-0.2, 0) is 13.5 Å². The minimum absolute atomic E-state index is 0.562. The van der Waals surface area contributed by atoms with Crippen molar-refractivity contribution in [1.29, 1.82) is 0 Å². The monoisotopic (exact) mass is 363 g/mol. The van der Waals surface area contributed by atoms with Gasteiger partial charge in [-0.05, 0) is 22.5 Å². The molecule has 116 valence electrons. The Hall–Kier alpha value is -1.93. The second-order valence-electron chi connectivity index (χ2n) is 5.06. The van der Waals surface area contributed by atoms with Crippen molar-refractivity contribution in [2.45, 2.75) is 13.3 Å². The fourth-order valence-corrected chi connectivity index (χ4v) is 2.81. The lowest BCUT2D eigenvalue weighted by Gasteiger charge is -2.09. The molecule has 22 heavy (non-hydrogen) atoms. The van der Waals surface area contributed by atoms with Gasteiger partial charge in [-0.3, -0.25) is 4.68 Å². The van der Waals surface area contributed by atoms with Crippen molar-refractivity contribution in [3.05, 3.63) is 28.8 Å². The summed E-state index contributed by atoms with van der Waals surface area (Å²) in [5, 5.41) is 11.9. The summed E-state index contributed by atoms with van der Waals surface area (Å²) in [5.74, 6) is 0.562. The fourth-order valence-electron chi connectivity index (χ4n) is 2.36. The number of nitrogens with zero attached hydrogens (tertiary/aromatic N) is 5. The van der Waals surface area contributed by atoms with Crippen molar-refractivity contribution in [2.24, 2.45) is 7.05 Å². The van der Waals surface area contributed by atoms with Gasteiger partial charge in [0.2, 0.25) is 0 Å². The molecule has 3 rings (SSSR count). The predicted octanol–water partition coefficient (Wildman–Crippen LogP) is 1.63. The molecule has 0 fully saturated rings. The Morgan fingerprint density at radius 3 is 2.82 bits per heavy atom. The quantitative estimate of drug-likeness (QED) is 0.672. The largest absolute Gasteiger partial charge is 0.383 e. The van der Waals surface area contributed by atoms with Crippen LogP contribution in [0.5, 0.6) is 0 Å². The van der Waals surface area contributed by atoms with Crippen LogP contribution in [0.3, 0.4) is 0 Å². The summed E-state index contributed by atoms with van der Waals surface area (Å²) in [6.45, 7) is 3.87. The van der Waals surface area contributed by atoms with Gasteiger partial charge in [-0.2, -0.15) is 14.7 Å². The molecule has 3 aromatic rings. The molecule has 7 nitrogen and oxygen atoms in total. The molecule has 8 heteroatoms. The second kappa shape index (κ2) is 6.05. The van der Waals surface area contributed by atoms with Crippen molar-refractivity contribution >= 4 is 27.4 Å². The molecule has 0 aliphatic rings. The highest BCUT2D eigenvalue weighted by Crippen LogP contribution is 2.29. The Bertz CT molecular complexity index is 805. The maximum absolute atomic E-state index is 6.19. The maximum Gasteiger partial charge on any atom is 0.165 e. The van der Waals surface area contributed by atoms with E-state index in [0.717, 1.165) is 46.5 Å². The van der Waals surface area contributed by atoms with Crippen LogP contribution in [0.15, 0.2) is 23.1 Å². The molecule has 0 atom stereocenters. The SMILES string of the molecule is CCNCCc1nc2c(-c3cnn(C)c3)cnn2c(N)c1Br. The Kier molecular flexibility index (Phi) is 4.12. The normalized spacial score (nSPS) is 11.4. The summed E-state index contributed by atoms with van der Waals surface area (Å²) in [6.07, 6.45) is 6.31. The third-order valence-electron chi connectivity index (χ3n) is 3.50. The molecule has 0 aromatic carbocycles. The minimum atomic E-state index is 0.562. The standard InChI is InChI=1S/C14H18BrN7/c1-3-17-5-4-11-12(15)13(16)22-14(20-11)10(7-19-22)9-6-18-21(2)8-9/h6-8,17H,3-5,16H2,1-2H3. The lowest BCUT2D eigenvalue weighted by molar-refractivity contribution is 0.705. The van der Waals surface area contributed by atoms with Crippen molar-refractivity contribution in [1.82, 2.24) is 29.7 Å². The number of fused-ring (bicyclic) bond motifs is 1. The molecule has 0 saturated heterocycles. The number of aromatic nitrogens is 5. The molecule has 3 heterocycles. The number of hydrogen-bond donors (Lipinski definition) is 2. The van der Waals surface area contributed by atoms with Gasteiger partial charge < -0.3 is 11.1 Å². The highest BCUT2D eigenvalue weighted by molar-refractivity contribution is 9.10. The summed E-state index contributed by atoms with van der Waals surface area (Å²) < 4.78 is 4.22. The van der Waals surface area contributed by atoms with Crippen molar-refractivity contribution in [3.63, 3.8) is 0 Å². The van der Waals surface area contributed by atoms with Crippen LogP contribution in [-0.4, -0.2) is 37.5 Å². The van der Waals surface area contributed by atoms with Gasteiger partial charge in [-0.1, -0.05) is 6.92 Å². The minimum Gasteiger partial charge on any atom is -0.383 e. The van der Waals surface area contributed by atoms with Crippen LogP contribution in [0.25, 0.3) is 16.8 Å². The lowest BCUT2D eigenvalue weighted by Crippen LogP contribution is -2.17. The van der Waals surface area contributed by atoms with Gasteiger partial charge >= 0.3 is 0 Å². The number of anilines is 1.